The van der Waals surface area contributed by atoms with Crippen LogP contribution >= 0.6 is 31.9 Å². The molecular formula is C14H19Br2NO. The highest BCUT2D eigenvalue weighted by molar-refractivity contribution is 9.11. The van der Waals surface area contributed by atoms with Crippen LogP contribution in [0.5, 0.6) is 5.75 Å². The monoisotopic (exact) mass is 375 g/mol. The lowest BCUT2D eigenvalue weighted by Gasteiger charge is -2.10. The lowest BCUT2D eigenvalue weighted by atomic mass is 10.1. The maximum atomic E-state index is 5.56. The van der Waals surface area contributed by atoms with Gasteiger partial charge in [-0.05, 0) is 69.9 Å². The smallest absolute Gasteiger partial charge is 0.147 e. The van der Waals surface area contributed by atoms with E-state index >= 15 is 0 Å². The molecule has 1 aromatic rings. The number of hydrogen-bond acceptors (Lipinski definition) is 2. The van der Waals surface area contributed by atoms with E-state index in [4.69, 9.17) is 4.74 Å². The fraction of sp³-hybridized carbons (Fsp3) is 0.429. The number of rotatable bonds is 6. The Balaban J connectivity index is 2.86. The summed E-state index contributed by atoms with van der Waals surface area (Å²) in [5.41, 5.74) is 1.14. The number of likely N-dealkylation sites (N-methyl/N-ethyl adjacent to an activating group) is 1. The van der Waals surface area contributed by atoms with Crippen LogP contribution in [0.15, 0.2) is 27.2 Å². The third-order valence-electron chi connectivity index (χ3n) is 2.41. The van der Waals surface area contributed by atoms with E-state index in [1.165, 1.54) is 0 Å². The predicted octanol–water partition coefficient (Wildman–Crippen LogP) is 4.62. The molecule has 1 aromatic carbocycles. The Hall–Kier alpha value is -0.320. The molecule has 100 valence electrons. The number of ether oxygens (including phenoxy) is 1. The Morgan fingerprint density at radius 1 is 1.28 bits per heavy atom. The highest BCUT2D eigenvalue weighted by Gasteiger charge is 2.07. The van der Waals surface area contributed by atoms with Gasteiger partial charge in [0.05, 0.1) is 15.6 Å². The van der Waals surface area contributed by atoms with Gasteiger partial charge in [0.2, 0.25) is 0 Å². The molecule has 0 bridgehead atoms. The van der Waals surface area contributed by atoms with E-state index in [0.717, 1.165) is 26.8 Å². The van der Waals surface area contributed by atoms with Crippen molar-refractivity contribution < 1.29 is 4.74 Å². The fourth-order valence-corrected chi connectivity index (χ4v) is 3.05. The molecule has 1 N–H and O–H groups in total. The van der Waals surface area contributed by atoms with Crippen molar-refractivity contribution in [2.75, 3.05) is 13.2 Å². The van der Waals surface area contributed by atoms with Crippen LogP contribution in [0.3, 0.4) is 0 Å². The zero-order valence-electron chi connectivity index (χ0n) is 11.0. The molecule has 1 rings (SSSR count). The van der Waals surface area contributed by atoms with E-state index < -0.39 is 0 Å². The number of hydrogen-bond donors (Lipinski definition) is 1. The Morgan fingerprint density at radius 2 is 1.89 bits per heavy atom. The van der Waals surface area contributed by atoms with Crippen molar-refractivity contribution in [3.05, 3.63) is 32.7 Å². The van der Waals surface area contributed by atoms with Crippen molar-refractivity contribution in [1.29, 1.82) is 0 Å². The first-order chi connectivity index (χ1) is 8.58. The van der Waals surface area contributed by atoms with Gasteiger partial charge < -0.3 is 10.1 Å². The molecule has 0 aliphatic rings. The van der Waals surface area contributed by atoms with Crippen LogP contribution in [0.4, 0.5) is 0 Å². The van der Waals surface area contributed by atoms with E-state index in [0.29, 0.717) is 12.6 Å². The van der Waals surface area contributed by atoms with Gasteiger partial charge in [-0.2, -0.15) is 0 Å². The zero-order valence-corrected chi connectivity index (χ0v) is 14.1. The van der Waals surface area contributed by atoms with Crippen LogP contribution in [-0.2, 0) is 0 Å². The van der Waals surface area contributed by atoms with Crippen molar-refractivity contribution in [3.63, 3.8) is 0 Å². The second-order valence-electron chi connectivity index (χ2n) is 3.95. The summed E-state index contributed by atoms with van der Waals surface area (Å²) >= 11 is 7.06. The van der Waals surface area contributed by atoms with Gasteiger partial charge in [-0.1, -0.05) is 19.1 Å². The molecule has 18 heavy (non-hydrogen) atoms. The summed E-state index contributed by atoms with van der Waals surface area (Å²) < 4.78 is 7.49. The second-order valence-corrected chi connectivity index (χ2v) is 5.66. The van der Waals surface area contributed by atoms with Crippen LogP contribution < -0.4 is 10.1 Å². The average molecular weight is 377 g/mol. The number of nitrogens with one attached hydrogen (secondary N) is 1. The third kappa shape index (κ3) is 4.75. The molecule has 4 heteroatoms. The van der Waals surface area contributed by atoms with Gasteiger partial charge in [-0.15, -0.1) is 0 Å². The lowest BCUT2D eigenvalue weighted by molar-refractivity contribution is 0.336. The summed E-state index contributed by atoms with van der Waals surface area (Å²) in [5.74, 6) is 0.856. The van der Waals surface area contributed by atoms with Crippen molar-refractivity contribution >= 4 is 37.9 Å². The molecule has 0 heterocycles. The van der Waals surface area contributed by atoms with Gasteiger partial charge in [-0.25, -0.2) is 0 Å². The first-order valence-corrected chi connectivity index (χ1v) is 7.70. The first kappa shape index (κ1) is 15.7. The van der Waals surface area contributed by atoms with E-state index in [9.17, 15) is 0 Å². The summed E-state index contributed by atoms with van der Waals surface area (Å²) in [6.07, 6.45) is 4.26. The minimum Gasteiger partial charge on any atom is -0.492 e. The minimum absolute atomic E-state index is 0.374. The molecule has 0 saturated carbocycles. The molecular weight excluding hydrogens is 358 g/mol. The molecule has 1 unspecified atom stereocenters. The van der Waals surface area contributed by atoms with Crippen molar-refractivity contribution in [2.45, 2.75) is 26.8 Å². The molecule has 2 nitrogen and oxygen atoms in total. The number of halogens is 2. The molecule has 0 amide bonds. The van der Waals surface area contributed by atoms with Crippen LogP contribution in [0.2, 0.25) is 0 Å². The van der Waals surface area contributed by atoms with Crippen LogP contribution in [-0.4, -0.2) is 19.2 Å². The standard InChI is InChI=1S/C14H19Br2NO/c1-4-17-10(3)6-7-11-8-12(15)14(18-5-2)13(16)9-11/h6-10,17H,4-5H2,1-3H3/b7-6+. The topological polar surface area (TPSA) is 21.3 Å². The normalized spacial score (nSPS) is 12.9. The van der Waals surface area contributed by atoms with E-state index in [-0.39, 0.29) is 0 Å². The van der Waals surface area contributed by atoms with E-state index in [2.05, 4.69) is 75.3 Å². The van der Waals surface area contributed by atoms with Crippen LogP contribution in [0, 0.1) is 0 Å². The highest BCUT2D eigenvalue weighted by atomic mass is 79.9. The molecule has 0 saturated heterocycles. The van der Waals surface area contributed by atoms with Crippen LogP contribution in [0.1, 0.15) is 26.3 Å². The number of benzene rings is 1. The molecule has 0 radical (unpaired) electrons. The van der Waals surface area contributed by atoms with Gasteiger partial charge >= 0.3 is 0 Å². The SMILES string of the molecule is CCNC(C)/C=C/c1cc(Br)c(OCC)c(Br)c1. The third-order valence-corrected chi connectivity index (χ3v) is 3.59. The van der Waals surface area contributed by atoms with E-state index in [1.54, 1.807) is 0 Å². The Morgan fingerprint density at radius 3 is 2.39 bits per heavy atom. The molecule has 1 atom stereocenters. The summed E-state index contributed by atoms with van der Waals surface area (Å²) in [6, 6.07) is 4.50. The largest absolute Gasteiger partial charge is 0.492 e. The summed E-state index contributed by atoms with van der Waals surface area (Å²) in [4.78, 5) is 0. The molecule has 0 aliphatic heterocycles. The maximum Gasteiger partial charge on any atom is 0.147 e. The lowest BCUT2D eigenvalue weighted by Crippen LogP contribution is -2.22. The van der Waals surface area contributed by atoms with E-state index in [1.807, 2.05) is 6.92 Å². The minimum atomic E-state index is 0.374. The molecule has 0 fully saturated rings. The maximum absolute atomic E-state index is 5.56. The van der Waals surface area contributed by atoms with Gasteiger partial charge in [0.15, 0.2) is 0 Å². The highest BCUT2D eigenvalue weighted by Crippen LogP contribution is 2.35. The molecule has 0 spiro atoms. The summed E-state index contributed by atoms with van der Waals surface area (Å²) in [5, 5.41) is 3.34. The average Bonchev–Trinajstić information content (AvgIpc) is 2.32. The second kappa shape index (κ2) is 7.97. The Kier molecular flexibility index (Phi) is 6.97. The quantitative estimate of drug-likeness (QED) is 0.781. The fourth-order valence-electron chi connectivity index (χ4n) is 1.60. The van der Waals surface area contributed by atoms with Crippen LogP contribution in [0.25, 0.3) is 6.08 Å². The van der Waals surface area contributed by atoms with Gasteiger partial charge in [0.25, 0.3) is 0 Å². The van der Waals surface area contributed by atoms with Crippen molar-refractivity contribution in [1.82, 2.24) is 5.32 Å². The molecule has 0 aromatic heterocycles. The van der Waals surface area contributed by atoms with Gasteiger partial charge in [-0.3, -0.25) is 0 Å². The zero-order chi connectivity index (χ0) is 13.5. The van der Waals surface area contributed by atoms with Gasteiger partial charge in [0, 0.05) is 6.04 Å². The van der Waals surface area contributed by atoms with Crippen molar-refractivity contribution in [2.24, 2.45) is 0 Å². The van der Waals surface area contributed by atoms with Crippen molar-refractivity contribution in [3.8, 4) is 5.75 Å². The molecule has 0 aliphatic carbocycles. The predicted molar refractivity (Wildman–Crippen MR) is 85.2 cm³/mol. The Labute approximate surface area is 126 Å². The first-order valence-electron chi connectivity index (χ1n) is 6.11. The summed E-state index contributed by atoms with van der Waals surface area (Å²) in [7, 11) is 0. The Bertz CT molecular complexity index is 395. The summed E-state index contributed by atoms with van der Waals surface area (Å²) in [6.45, 7) is 7.85. The van der Waals surface area contributed by atoms with Gasteiger partial charge in [0.1, 0.15) is 5.75 Å².